The van der Waals surface area contributed by atoms with Gasteiger partial charge in [-0.05, 0) is 13.8 Å². The highest BCUT2D eigenvalue weighted by molar-refractivity contribution is 6.01. The number of carbonyl (C=O) groups is 6. The minimum atomic E-state index is -0.659. The lowest BCUT2D eigenvalue weighted by atomic mass is 10.4. The molecular formula is C13H22ClN3O7. The van der Waals surface area contributed by atoms with Crippen molar-refractivity contribution in [2.45, 2.75) is 33.6 Å². The van der Waals surface area contributed by atoms with Crippen molar-refractivity contribution in [3.05, 3.63) is 0 Å². The van der Waals surface area contributed by atoms with Crippen molar-refractivity contribution in [2.24, 2.45) is 5.73 Å². The van der Waals surface area contributed by atoms with Gasteiger partial charge >= 0.3 is 5.97 Å². The second kappa shape index (κ2) is 15.6. The van der Waals surface area contributed by atoms with Crippen LogP contribution in [-0.2, 0) is 33.6 Å². The summed E-state index contributed by atoms with van der Waals surface area (Å²) in [5.74, 6) is -1.57. The number of nitrogens with zero attached hydrogens (tertiary/aromatic N) is 1. The van der Waals surface area contributed by atoms with Crippen molar-refractivity contribution in [2.75, 3.05) is 13.1 Å². The fourth-order valence-electron chi connectivity index (χ4n) is 0.972. The van der Waals surface area contributed by atoms with Crippen molar-refractivity contribution >= 4 is 48.2 Å². The van der Waals surface area contributed by atoms with Crippen LogP contribution in [0.5, 0.6) is 0 Å². The van der Waals surface area contributed by atoms with E-state index < -0.39 is 17.8 Å². The summed E-state index contributed by atoms with van der Waals surface area (Å²) in [6.45, 7) is 4.32. The fraction of sp³-hybridized carbons (Fsp3) is 0.538. The van der Waals surface area contributed by atoms with Gasteiger partial charge in [-0.1, -0.05) is 0 Å². The van der Waals surface area contributed by atoms with E-state index in [-0.39, 0.29) is 49.9 Å². The van der Waals surface area contributed by atoms with Gasteiger partial charge in [0.25, 0.3) is 11.8 Å². The zero-order chi connectivity index (χ0) is 18.4. The van der Waals surface area contributed by atoms with Crippen molar-refractivity contribution in [1.29, 1.82) is 0 Å². The highest BCUT2D eigenvalue weighted by Gasteiger charge is 2.31. The van der Waals surface area contributed by atoms with Crippen LogP contribution in [0, 0.1) is 0 Å². The molecule has 0 aromatic carbocycles. The van der Waals surface area contributed by atoms with Crippen molar-refractivity contribution in [3.8, 4) is 0 Å². The van der Waals surface area contributed by atoms with Crippen LogP contribution in [0.4, 0.5) is 0 Å². The number of nitrogens with two attached hydrogens (primary N) is 1. The second-order valence-corrected chi connectivity index (χ2v) is 4.27. The Morgan fingerprint density at radius 1 is 1.12 bits per heavy atom. The molecule has 1 fully saturated rings. The Labute approximate surface area is 145 Å². The molecule has 0 aliphatic carbocycles. The quantitative estimate of drug-likeness (QED) is 0.458. The number of nitrogens with one attached hydrogen (secondary N) is 1. The number of hydroxylamine groups is 2. The minimum absolute atomic E-state index is 0. The van der Waals surface area contributed by atoms with Crippen LogP contribution < -0.4 is 11.1 Å². The molecule has 1 aliphatic heterocycles. The van der Waals surface area contributed by atoms with Gasteiger partial charge in [0.1, 0.15) is 11.6 Å². The van der Waals surface area contributed by atoms with Crippen LogP contribution in [-0.4, -0.2) is 53.9 Å². The Bertz CT molecular complexity index is 452. The number of ketones is 2. The molecule has 3 amide bonds. The van der Waals surface area contributed by atoms with Crippen LogP contribution in [0.1, 0.15) is 33.6 Å². The summed E-state index contributed by atoms with van der Waals surface area (Å²) in [6, 6.07) is 0. The van der Waals surface area contributed by atoms with Crippen molar-refractivity contribution < 1.29 is 33.6 Å². The maximum Gasteiger partial charge on any atom is 0.330 e. The Hall–Kier alpha value is -2.33. The van der Waals surface area contributed by atoms with E-state index in [4.69, 9.17) is 5.73 Å². The monoisotopic (exact) mass is 367 g/mol. The number of amides is 3. The number of hydrogen-bond donors (Lipinski definition) is 2. The van der Waals surface area contributed by atoms with E-state index in [1.807, 2.05) is 0 Å². The SMILES string of the molecule is CC(=O)CN.CC(=O)CNC=O.CC(=O)ON1C(=O)CCC1=O.Cl. The molecule has 0 unspecified atom stereocenters. The number of carbonyl (C=O) groups excluding carboxylic acids is 6. The van der Waals surface area contributed by atoms with E-state index in [0.717, 1.165) is 6.92 Å². The third-order valence-corrected chi connectivity index (χ3v) is 1.95. The summed E-state index contributed by atoms with van der Waals surface area (Å²) in [5.41, 5.74) is 4.82. The van der Waals surface area contributed by atoms with Gasteiger partial charge < -0.3 is 15.9 Å². The van der Waals surface area contributed by atoms with E-state index in [1.165, 1.54) is 13.8 Å². The molecule has 0 radical (unpaired) electrons. The fourth-order valence-corrected chi connectivity index (χ4v) is 0.972. The first-order valence-electron chi connectivity index (χ1n) is 6.55. The average molecular weight is 368 g/mol. The standard InChI is InChI=1S/C6H7NO4.C4H7NO2.C3H7NO.ClH/c1-4(8)11-7-5(9)2-3-6(7)10;1-4(7)2-5-3-6;1-3(5)2-4;/h2-3H2,1H3;3H,2H2,1H3,(H,5,6);2,4H2,1H3;1H. The molecule has 0 atom stereocenters. The van der Waals surface area contributed by atoms with E-state index >= 15 is 0 Å². The third kappa shape index (κ3) is 16.0. The number of Topliss-reactive ketones (excluding diaryl/α,β-unsaturated/α-hetero) is 2. The van der Waals surface area contributed by atoms with Crippen molar-refractivity contribution in [1.82, 2.24) is 10.4 Å². The van der Waals surface area contributed by atoms with Crippen molar-refractivity contribution in [3.63, 3.8) is 0 Å². The topological polar surface area (TPSA) is 153 Å². The summed E-state index contributed by atoms with van der Waals surface area (Å²) in [5, 5.41) is 2.73. The number of rotatable bonds is 5. The number of halogens is 1. The maximum atomic E-state index is 10.7. The van der Waals surface area contributed by atoms with Gasteiger partial charge in [0.2, 0.25) is 6.41 Å². The Morgan fingerprint density at radius 3 is 1.75 bits per heavy atom. The first-order valence-corrected chi connectivity index (χ1v) is 6.55. The molecule has 0 spiro atoms. The minimum Gasteiger partial charge on any atom is -0.352 e. The average Bonchev–Trinajstić information content (AvgIpc) is 2.77. The van der Waals surface area contributed by atoms with Gasteiger partial charge in [-0.25, -0.2) is 4.79 Å². The van der Waals surface area contributed by atoms with Gasteiger partial charge in [0, 0.05) is 19.8 Å². The predicted molar refractivity (Wildman–Crippen MR) is 84.6 cm³/mol. The second-order valence-electron chi connectivity index (χ2n) is 4.27. The molecule has 1 heterocycles. The predicted octanol–water partition coefficient (Wildman–Crippen LogP) is -1.11. The molecule has 0 aromatic rings. The third-order valence-electron chi connectivity index (χ3n) is 1.95. The lowest BCUT2D eigenvalue weighted by molar-refractivity contribution is -0.195. The van der Waals surface area contributed by atoms with Crippen LogP contribution >= 0.6 is 12.4 Å². The van der Waals surface area contributed by atoms with Crippen LogP contribution in [0.3, 0.4) is 0 Å². The molecule has 138 valence electrons. The van der Waals surface area contributed by atoms with Gasteiger partial charge in [-0.15, -0.1) is 17.5 Å². The molecule has 3 N–H and O–H groups in total. The molecule has 0 aromatic heterocycles. The molecule has 1 rings (SSSR count). The van der Waals surface area contributed by atoms with Crippen LogP contribution in [0.15, 0.2) is 0 Å². The van der Waals surface area contributed by atoms with Crippen LogP contribution in [0.2, 0.25) is 0 Å². The Morgan fingerprint density at radius 2 is 1.54 bits per heavy atom. The van der Waals surface area contributed by atoms with Crippen LogP contribution in [0.25, 0.3) is 0 Å². The van der Waals surface area contributed by atoms with E-state index in [2.05, 4.69) is 10.2 Å². The lowest BCUT2D eigenvalue weighted by Gasteiger charge is -2.09. The zero-order valence-electron chi connectivity index (χ0n) is 13.7. The van der Waals surface area contributed by atoms with E-state index in [0.29, 0.717) is 11.5 Å². The van der Waals surface area contributed by atoms with E-state index in [9.17, 15) is 28.8 Å². The molecule has 1 aliphatic rings. The summed E-state index contributed by atoms with van der Waals surface area (Å²) >= 11 is 0. The number of imide groups is 1. The zero-order valence-corrected chi connectivity index (χ0v) is 14.5. The normalized spacial score (nSPS) is 11.8. The number of hydrogen-bond acceptors (Lipinski definition) is 8. The molecular weight excluding hydrogens is 346 g/mol. The summed E-state index contributed by atoms with van der Waals surface area (Å²) < 4.78 is 0. The first kappa shape index (κ1) is 26.6. The summed E-state index contributed by atoms with van der Waals surface area (Å²) in [4.78, 5) is 65.3. The molecule has 10 nitrogen and oxygen atoms in total. The van der Waals surface area contributed by atoms with Gasteiger partial charge in [0.05, 0.1) is 13.1 Å². The summed E-state index contributed by atoms with van der Waals surface area (Å²) in [7, 11) is 0. The lowest BCUT2D eigenvalue weighted by Crippen LogP contribution is -2.30. The smallest absolute Gasteiger partial charge is 0.330 e. The highest BCUT2D eigenvalue weighted by atomic mass is 35.5. The largest absolute Gasteiger partial charge is 0.352 e. The van der Waals surface area contributed by atoms with Gasteiger partial charge in [0.15, 0.2) is 0 Å². The van der Waals surface area contributed by atoms with Gasteiger partial charge in [-0.3, -0.25) is 24.0 Å². The van der Waals surface area contributed by atoms with E-state index in [1.54, 1.807) is 0 Å². The first-order chi connectivity index (χ1) is 10.6. The molecule has 24 heavy (non-hydrogen) atoms. The summed E-state index contributed by atoms with van der Waals surface area (Å²) in [6.07, 6.45) is 0.764. The van der Waals surface area contributed by atoms with Gasteiger partial charge in [-0.2, -0.15) is 0 Å². The maximum absolute atomic E-state index is 10.7. The molecule has 1 saturated heterocycles. The molecule has 11 heteroatoms. The highest BCUT2D eigenvalue weighted by Crippen LogP contribution is 2.11. The molecule has 0 saturated carbocycles. The molecule has 0 bridgehead atoms. The Balaban J connectivity index is -0.000000296. The Kier molecular flexibility index (Phi) is 17.2.